The minimum Gasteiger partial charge on any atom is -0.383 e. The molecule has 4 saturated carbocycles. The van der Waals surface area contributed by atoms with Crippen LogP contribution in [0.15, 0.2) is 12.7 Å². The largest absolute Gasteiger partial charge is 0.383 e. The monoisotopic (exact) mass is 872 g/mol. The van der Waals surface area contributed by atoms with Crippen molar-refractivity contribution in [3.8, 4) is 0 Å². The molecule has 2 spiro atoms. The van der Waals surface area contributed by atoms with Crippen molar-refractivity contribution < 1.29 is 37.1 Å². The number of carbonyl (C=O) groups excluding carboxylic acids is 5. The van der Waals surface area contributed by atoms with E-state index in [1.807, 2.05) is 20.8 Å². The number of likely N-dealkylation sites (N-methyl/N-ethyl adjacent to an activating group) is 1. The van der Waals surface area contributed by atoms with Crippen molar-refractivity contribution in [1.82, 2.24) is 24.1 Å². The summed E-state index contributed by atoms with van der Waals surface area (Å²) in [6.07, 6.45) is 12.8. The lowest BCUT2D eigenvalue weighted by Crippen LogP contribution is -2.57. The molecular weight excluding hydrogens is 795 g/mol. The minimum absolute atomic E-state index is 0.00519. The fourth-order valence-electron chi connectivity index (χ4n) is 12.7. The van der Waals surface area contributed by atoms with Gasteiger partial charge in [0.2, 0.25) is 17.7 Å². The first kappa shape index (κ1) is 47.8. The zero-order chi connectivity index (χ0) is 44.9. The van der Waals surface area contributed by atoms with Crippen LogP contribution in [0.1, 0.15) is 145 Å². The van der Waals surface area contributed by atoms with Crippen molar-refractivity contribution in [2.75, 3.05) is 40.4 Å². The first-order valence-corrected chi connectivity index (χ1v) is 24.8. The molecule has 14 heteroatoms. The highest BCUT2D eigenvalue weighted by molar-refractivity contribution is 7.87. The molecule has 0 unspecified atom stereocenters. The topological polar surface area (TPSA) is 162 Å². The van der Waals surface area contributed by atoms with Gasteiger partial charge in [0, 0.05) is 57.5 Å². The molecule has 13 nitrogen and oxygen atoms in total. The Labute approximate surface area is 366 Å². The van der Waals surface area contributed by atoms with Gasteiger partial charge in [-0.1, -0.05) is 72.8 Å². The Hall–Kier alpha value is -2.68. The smallest absolute Gasteiger partial charge is 0.303 e. The van der Waals surface area contributed by atoms with Gasteiger partial charge < -0.3 is 15.0 Å². The third-order valence-corrected chi connectivity index (χ3v) is 18.5. The number of likely N-dealkylation sites (tertiary alicyclic amines) is 2. The SMILES string of the molecule is C=C[C@@H]1C[C@]1(CC(=O)[C@@H]1C[C@@]2(CN1C(=O)[C@@H](CC(=O)[C@@H](NC(=O)[C@@H]1CCCCN1C(C)C)C1CCCCC1)C(C)(C)C)C(C)(C)C21CCC1)C(=O)NS(=O)(=O)N(C)CCOC. The van der Waals surface area contributed by atoms with E-state index in [0.29, 0.717) is 13.0 Å². The normalized spacial score (nSPS) is 30.8. The predicted octanol–water partition coefficient (Wildman–Crippen LogP) is 5.82. The molecule has 7 atom stereocenters. The summed E-state index contributed by atoms with van der Waals surface area (Å²) in [6.45, 7) is 20.0. The number of piperidine rings is 1. The van der Waals surface area contributed by atoms with Crippen molar-refractivity contribution in [2.24, 2.45) is 44.8 Å². The Kier molecular flexibility index (Phi) is 13.9. The van der Waals surface area contributed by atoms with Crippen molar-refractivity contribution in [2.45, 2.75) is 169 Å². The zero-order valence-corrected chi connectivity index (χ0v) is 39.6. The second-order valence-electron chi connectivity index (χ2n) is 21.7. The van der Waals surface area contributed by atoms with Crippen molar-refractivity contribution >= 4 is 39.5 Å². The van der Waals surface area contributed by atoms with Gasteiger partial charge in [-0.2, -0.15) is 12.7 Å². The van der Waals surface area contributed by atoms with Gasteiger partial charge in [0.15, 0.2) is 11.6 Å². The molecule has 0 aromatic heterocycles. The lowest BCUT2D eigenvalue weighted by molar-refractivity contribution is -0.147. The summed E-state index contributed by atoms with van der Waals surface area (Å²) in [4.78, 5) is 77.2. The van der Waals surface area contributed by atoms with E-state index in [1.165, 1.54) is 14.2 Å². The zero-order valence-electron chi connectivity index (χ0n) is 38.8. The van der Waals surface area contributed by atoms with Gasteiger partial charge in [-0.05, 0) is 99.8 Å². The molecule has 2 aliphatic heterocycles. The molecule has 61 heavy (non-hydrogen) atoms. The van der Waals surface area contributed by atoms with Gasteiger partial charge in [0.1, 0.15) is 0 Å². The van der Waals surface area contributed by atoms with E-state index < -0.39 is 50.9 Å². The molecule has 3 amide bonds. The van der Waals surface area contributed by atoms with Gasteiger partial charge in [-0.15, -0.1) is 6.58 Å². The van der Waals surface area contributed by atoms with Crippen LogP contribution < -0.4 is 10.0 Å². The van der Waals surface area contributed by atoms with Crippen molar-refractivity contribution in [1.29, 1.82) is 0 Å². The lowest BCUT2D eigenvalue weighted by atomic mass is 9.73. The summed E-state index contributed by atoms with van der Waals surface area (Å²) in [6, 6.07) is -1.62. The number of rotatable bonds is 18. The Bertz CT molecular complexity index is 1820. The quantitative estimate of drug-likeness (QED) is 0.162. The minimum atomic E-state index is -4.21. The highest BCUT2D eigenvalue weighted by Crippen LogP contribution is 2.88. The van der Waals surface area contributed by atoms with Gasteiger partial charge >= 0.3 is 10.2 Å². The number of hydrogen-bond donors (Lipinski definition) is 2. The average Bonchev–Trinajstić information content (AvgIpc) is 3.92. The molecule has 0 radical (unpaired) electrons. The van der Waals surface area contributed by atoms with Crippen LogP contribution in [-0.2, 0) is 38.9 Å². The van der Waals surface area contributed by atoms with E-state index in [0.717, 1.165) is 81.5 Å². The molecule has 6 aliphatic rings. The Morgan fingerprint density at radius 2 is 1.59 bits per heavy atom. The molecule has 0 bridgehead atoms. The van der Waals surface area contributed by atoms with Crippen LogP contribution in [0, 0.1) is 44.8 Å². The van der Waals surface area contributed by atoms with E-state index >= 15 is 4.79 Å². The maximum Gasteiger partial charge on any atom is 0.303 e. The first-order chi connectivity index (χ1) is 28.5. The van der Waals surface area contributed by atoms with Crippen LogP contribution in [0.25, 0.3) is 0 Å². The van der Waals surface area contributed by atoms with Crippen LogP contribution in [-0.4, -0.2) is 116 Å². The number of methoxy groups -OCH3 is 1. The van der Waals surface area contributed by atoms with Crippen LogP contribution in [0.2, 0.25) is 0 Å². The predicted molar refractivity (Wildman–Crippen MR) is 235 cm³/mol. The highest BCUT2D eigenvalue weighted by atomic mass is 32.2. The number of fused-ring (bicyclic) bond motifs is 1. The summed E-state index contributed by atoms with van der Waals surface area (Å²) in [7, 11) is -1.39. The molecule has 0 aromatic rings. The summed E-state index contributed by atoms with van der Waals surface area (Å²) in [5.74, 6) is -2.65. The fraction of sp³-hybridized carbons (Fsp3) is 0.851. The number of allylic oxidation sites excluding steroid dienone is 1. The van der Waals surface area contributed by atoms with E-state index in [4.69, 9.17) is 4.74 Å². The standard InChI is InChI=1S/C47H77N5O8S/c1-11-33-27-45(33,42(57)49-61(58,59)50(9)24-25-60-10)29-38(54)36-28-47(44(7,8)46(47)21-17-22-46)30-52(36)41(56)34(43(4,5)6)26-37(53)39(32-18-13-12-14-19-32)48-40(55)35-20-15-16-23-51(35)31(2)3/h11,31-36,39H,1,12-30H2,2-10H3,(H,48,55)(H,49,57)/t33-,34-,35+,36+,39+,45-,47-/m1/s1. The Balaban J connectivity index is 1.27. The van der Waals surface area contributed by atoms with E-state index in [2.05, 4.69) is 49.2 Å². The van der Waals surface area contributed by atoms with Crippen LogP contribution in [0.3, 0.4) is 0 Å². The second kappa shape index (κ2) is 17.7. The van der Waals surface area contributed by atoms with Gasteiger partial charge in [0.25, 0.3) is 0 Å². The van der Waals surface area contributed by atoms with E-state index in [1.54, 1.807) is 11.0 Å². The molecule has 2 heterocycles. The van der Waals surface area contributed by atoms with E-state index in [-0.39, 0.29) is 90.0 Å². The Morgan fingerprint density at radius 3 is 2.13 bits per heavy atom. The molecule has 4 aliphatic carbocycles. The third-order valence-electron chi connectivity index (χ3n) is 17.1. The van der Waals surface area contributed by atoms with E-state index in [9.17, 15) is 27.6 Å². The lowest BCUT2D eigenvalue weighted by Gasteiger charge is -2.40. The number of ether oxygens (including phenoxy) is 1. The van der Waals surface area contributed by atoms with Crippen LogP contribution in [0.4, 0.5) is 0 Å². The molecule has 2 N–H and O–H groups in total. The molecular formula is C47H77N5O8S. The molecule has 344 valence electrons. The summed E-state index contributed by atoms with van der Waals surface area (Å²) < 4.78 is 34.6. The summed E-state index contributed by atoms with van der Waals surface area (Å²) in [5.41, 5.74) is -2.35. The second-order valence-corrected chi connectivity index (χ2v) is 23.5. The van der Waals surface area contributed by atoms with Crippen molar-refractivity contribution in [3.05, 3.63) is 12.7 Å². The summed E-state index contributed by atoms with van der Waals surface area (Å²) in [5, 5.41) is 3.27. The van der Waals surface area contributed by atoms with Crippen LogP contribution in [0.5, 0.6) is 0 Å². The maximum atomic E-state index is 15.4. The van der Waals surface area contributed by atoms with Gasteiger partial charge in [-0.3, -0.25) is 28.9 Å². The molecule has 6 rings (SSSR count). The average molecular weight is 872 g/mol. The highest BCUT2D eigenvalue weighted by Gasteiger charge is 2.85. The number of carbonyl (C=O) groups is 5. The number of nitrogens with zero attached hydrogens (tertiary/aromatic N) is 3. The number of nitrogens with one attached hydrogen (secondary N) is 2. The fourth-order valence-corrected chi connectivity index (χ4v) is 13.6. The number of Topliss-reactive ketones (excluding diaryl/α,β-unsaturated/α-hetero) is 2. The number of ketones is 2. The Morgan fingerprint density at radius 1 is 0.934 bits per heavy atom. The van der Waals surface area contributed by atoms with Crippen LogP contribution >= 0.6 is 0 Å². The van der Waals surface area contributed by atoms with Crippen molar-refractivity contribution in [3.63, 3.8) is 0 Å². The molecule has 6 fully saturated rings. The first-order valence-electron chi connectivity index (χ1n) is 23.4. The maximum absolute atomic E-state index is 15.4. The van der Waals surface area contributed by atoms with Gasteiger partial charge in [-0.25, -0.2) is 4.72 Å². The molecule has 2 saturated heterocycles. The summed E-state index contributed by atoms with van der Waals surface area (Å²) >= 11 is 0. The third kappa shape index (κ3) is 8.66. The van der Waals surface area contributed by atoms with Gasteiger partial charge in [0.05, 0.1) is 30.1 Å². The number of hydrogen-bond acceptors (Lipinski definition) is 9. The molecule has 0 aromatic carbocycles. The number of amides is 3.